The molecule has 2 aromatic heterocycles. The molecule has 0 aromatic carbocycles. The van der Waals surface area contributed by atoms with Crippen molar-refractivity contribution >= 4 is 27.6 Å². The number of ether oxygens (including phenoxy) is 1. The van der Waals surface area contributed by atoms with Crippen LogP contribution in [-0.2, 0) is 24.4 Å². The molecule has 1 amide bonds. The minimum atomic E-state index is -0.367. The van der Waals surface area contributed by atoms with Crippen LogP contribution in [0.15, 0.2) is 11.1 Å². The molecular formula is C13H15N3O4S. The first kappa shape index (κ1) is 14.0. The number of carbonyl (C=O) groups excluding carboxylic acids is 1. The van der Waals surface area contributed by atoms with Gasteiger partial charge in [0.25, 0.3) is 5.56 Å². The van der Waals surface area contributed by atoms with E-state index in [0.29, 0.717) is 29.9 Å². The van der Waals surface area contributed by atoms with Crippen LogP contribution in [-0.4, -0.2) is 38.9 Å². The van der Waals surface area contributed by atoms with E-state index in [-0.39, 0.29) is 24.8 Å². The number of hydrogen-bond acceptors (Lipinski definition) is 6. The molecule has 0 radical (unpaired) electrons. The van der Waals surface area contributed by atoms with Gasteiger partial charge in [0.15, 0.2) is 0 Å². The quantitative estimate of drug-likeness (QED) is 0.911. The summed E-state index contributed by atoms with van der Waals surface area (Å²) >= 11 is 1.43. The van der Waals surface area contributed by atoms with Gasteiger partial charge in [0.1, 0.15) is 4.83 Å². The van der Waals surface area contributed by atoms with Gasteiger partial charge in [-0.05, 0) is 6.92 Å². The summed E-state index contributed by atoms with van der Waals surface area (Å²) in [6, 6.07) is 0. The van der Waals surface area contributed by atoms with Crippen molar-refractivity contribution in [3.63, 3.8) is 0 Å². The number of carbonyl (C=O) groups is 1. The molecule has 2 aromatic rings. The molecule has 3 rings (SSSR count). The van der Waals surface area contributed by atoms with Crippen LogP contribution in [0.1, 0.15) is 17.4 Å². The van der Waals surface area contributed by atoms with Crippen molar-refractivity contribution in [1.82, 2.24) is 14.5 Å². The van der Waals surface area contributed by atoms with Crippen LogP contribution in [0.3, 0.4) is 0 Å². The Morgan fingerprint density at radius 1 is 1.52 bits per heavy atom. The smallest absolute Gasteiger partial charge is 0.410 e. The molecule has 0 saturated heterocycles. The second-order valence-electron chi connectivity index (χ2n) is 4.71. The lowest BCUT2D eigenvalue weighted by atomic mass is 10.2. The average molecular weight is 309 g/mol. The predicted octanol–water partition coefficient (Wildman–Crippen LogP) is 0.922. The molecule has 0 aliphatic carbocycles. The van der Waals surface area contributed by atoms with Gasteiger partial charge < -0.3 is 9.84 Å². The lowest BCUT2D eigenvalue weighted by molar-refractivity contribution is 0.107. The maximum Gasteiger partial charge on any atom is 0.410 e. The van der Waals surface area contributed by atoms with Crippen LogP contribution in [0.4, 0.5) is 4.79 Å². The normalized spacial score (nSPS) is 13.7. The van der Waals surface area contributed by atoms with Gasteiger partial charge in [-0.15, -0.1) is 11.3 Å². The highest BCUT2D eigenvalue weighted by Gasteiger charge is 2.29. The van der Waals surface area contributed by atoms with Crippen LogP contribution in [0, 0.1) is 0 Å². The number of aliphatic hydroxyl groups is 1. The Labute approximate surface area is 124 Å². The lowest BCUT2D eigenvalue weighted by Gasteiger charge is -2.14. The maximum atomic E-state index is 12.4. The van der Waals surface area contributed by atoms with Gasteiger partial charge in [0, 0.05) is 10.4 Å². The van der Waals surface area contributed by atoms with E-state index in [1.165, 1.54) is 22.2 Å². The summed E-state index contributed by atoms with van der Waals surface area (Å²) < 4.78 is 6.38. The number of aliphatic hydroxyl groups excluding tert-OH is 1. The van der Waals surface area contributed by atoms with Gasteiger partial charge in [0.2, 0.25) is 0 Å². The Hall–Kier alpha value is -1.93. The summed E-state index contributed by atoms with van der Waals surface area (Å²) in [5.74, 6) is 0. The third-order valence-corrected chi connectivity index (χ3v) is 4.54. The minimum absolute atomic E-state index is 0.117. The zero-order valence-corrected chi connectivity index (χ0v) is 12.4. The Kier molecular flexibility index (Phi) is 3.64. The van der Waals surface area contributed by atoms with Crippen LogP contribution < -0.4 is 5.56 Å². The van der Waals surface area contributed by atoms with E-state index < -0.39 is 0 Å². The van der Waals surface area contributed by atoms with E-state index >= 15 is 0 Å². The average Bonchev–Trinajstić information content (AvgIpc) is 2.99. The first-order chi connectivity index (χ1) is 10.2. The molecule has 0 saturated carbocycles. The fourth-order valence-electron chi connectivity index (χ4n) is 2.45. The van der Waals surface area contributed by atoms with E-state index in [1.807, 2.05) is 0 Å². The van der Waals surface area contributed by atoms with Crippen molar-refractivity contribution < 1.29 is 14.6 Å². The number of rotatable bonds is 3. The predicted molar refractivity (Wildman–Crippen MR) is 77.2 cm³/mol. The molecule has 112 valence electrons. The van der Waals surface area contributed by atoms with E-state index in [1.54, 1.807) is 11.8 Å². The highest BCUT2D eigenvalue weighted by molar-refractivity contribution is 7.18. The molecule has 0 fully saturated rings. The largest absolute Gasteiger partial charge is 0.450 e. The van der Waals surface area contributed by atoms with Gasteiger partial charge >= 0.3 is 6.09 Å². The molecular weight excluding hydrogens is 294 g/mol. The van der Waals surface area contributed by atoms with Crippen LogP contribution in [0.2, 0.25) is 0 Å². The van der Waals surface area contributed by atoms with Gasteiger partial charge in [0.05, 0.1) is 44.6 Å². The third-order valence-electron chi connectivity index (χ3n) is 3.41. The van der Waals surface area contributed by atoms with Crippen LogP contribution in [0.5, 0.6) is 0 Å². The molecule has 1 aliphatic heterocycles. The minimum Gasteiger partial charge on any atom is -0.450 e. The fraction of sp³-hybridized carbons (Fsp3) is 0.462. The van der Waals surface area contributed by atoms with Crippen molar-refractivity contribution in [2.45, 2.75) is 26.6 Å². The Morgan fingerprint density at radius 3 is 3.05 bits per heavy atom. The number of aromatic nitrogens is 2. The zero-order chi connectivity index (χ0) is 15.0. The zero-order valence-electron chi connectivity index (χ0n) is 11.5. The highest BCUT2D eigenvalue weighted by Crippen LogP contribution is 2.34. The van der Waals surface area contributed by atoms with E-state index in [4.69, 9.17) is 9.84 Å². The van der Waals surface area contributed by atoms with E-state index in [0.717, 1.165) is 10.4 Å². The molecule has 1 aliphatic rings. The molecule has 7 nitrogen and oxygen atoms in total. The van der Waals surface area contributed by atoms with E-state index in [2.05, 4.69) is 4.98 Å². The topological polar surface area (TPSA) is 84.7 Å². The molecule has 0 bridgehead atoms. The monoisotopic (exact) mass is 309 g/mol. The van der Waals surface area contributed by atoms with Crippen molar-refractivity contribution in [3.05, 3.63) is 27.1 Å². The first-order valence-electron chi connectivity index (χ1n) is 6.68. The van der Waals surface area contributed by atoms with Crippen LogP contribution >= 0.6 is 11.3 Å². The van der Waals surface area contributed by atoms with Crippen molar-refractivity contribution in [2.75, 3.05) is 13.2 Å². The molecule has 0 atom stereocenters. The molecule has 1 N–H and O–H groups in total. The summed E-state index contributed by atoms with van der Waals surface area (Å²) in [4.78, 5) is 31.7. The Morgan fingerprint density at radius 2 is 2.33 bits per heavy atom. The van der Waals surface area contributed by atoms with Crippen molar-refractivity contribution in [1.29, 1.82) is 0 Å². The summed E-state index contributed by atoms with van der Waals surface area (Å²) in [5.41, 5.74) is 0.685. The first-order valence-corrected chi connectivity index (χ1v) is 7.49. The summed E-state index contributed by atoms with van der Waals surface area (Å²) in [6.45, 7) is 3.01. The van der Waals surface area contributed by atoms with Gasteiger partial charge in [-0.1, -0.05) is 0 Å². The second-order valence-corrected chi connectivity index (χ2v) is 5.79. The molecule has 3 heterocycles. The Bertz CT molecular complexity index is 752. The SMILES string of the molecule is CCOC(=O)N1Cc2sc3ncn(CCO)c(=O)c3c2C1. The third kappa shape index (κ3) is 2.30. The number of fused-ring (bicyclic) bond motifs is 3. The number of thiophene rings is 1. The Balaban J connectivity index is 2.00. The van der Waals surface area contributed by atoms with Gasteiger partial charge in [-0.25, -0.2) is 9.78 Å². The molecule has 21 heavy (non-hydrogen) atoms. The maximum absolute atomic E-state index is 12.4. The summed E-state index contributed by atoms with van der Waals surface area (Å²) in [5, 5.41) is 9.53. The molecule has 0 unspecified atom stereocenters. The molecule has 0 spiro atoms. The number of hydrogen-bond donors (Lipinski definition) is 1. The summed E-state index contributed by atoms with van der Waals surface area (Å²) in [7, 11) is 0. The number of nitrogens with zero attached hydrogens (tertiary/aromatic N) is 3. The van der Waals surface area contributed by atoms with E-state index in [9.17, 15) is 9.59 Å². The van der Waals surface area contributed by atoms with Crippen LogP contribution in [0.25, 0.3) is 10.2 Å². The van der Waals surface area contributed by atoms with Crippen molar-refractivity contribution in [3.8, 4) is 0 Å². The highest BCUT2D eigenvalue weighted by atomic mass is 32.1. The molecule has 8 heteroatoms. The lowest BCUT2D eigenvalue weighted by Crippen LogP contribution is -2.27. The summed E-state index contributed by atoms with van der Waals surface area (Å²) in [6.07, 6.45) is 1.09. The standard InChI is InChI=1S/C13H15N3O4S/c1-2-20-13(19)16-5-8-9(6-16)21-11-10(8)12(18)15(3-4-17)7-14-11/h7,17H,2-6H2,1H3. The van der Waals surface area contributed by atoms with Gasteiger partial charge in [-0.2, -0.15) is 0 Å². The fourth-order valence-corrected chi connectivity index (χ4v) is 3.61. The number of amides is 1. The second kappa shape index (κ2) is 5.45. The van der Waals surface area contributed by atoms with Crippen molar-refractivity contribution in [2.24, 2.45) is 0 Å². The van der Waals surface area contributed by atoms with Gasteiger partial charge in [-0.3, -0.25) is 14.3 Å².